The van der Waals surface area contributed by atoms with Crippen molar-refractivity contribution < 1.29 is 115 Å². The zero-order valence-corrected chi connectivity index (χ0v) is 83.2. The fourth-order valence-electron chi connectivity index (χ4n) is 16.4. The lowest BCUT2D eigenvalue weighted by atomic mass is 9.79. The Kier molecular flexibility index (Phi) is 40.9. The molecule has 0 saturated heterocycles. The highest BCUT2D eigenvalue weighted by Crippen LogP contribution is 2.49. The number of carbonyl (C=O) groups is 10. The van der Waals surface area contributed by atoms with E-state index in [-0.39, 0.29) is 82.4 Å². The van der Waals surface area contributed by atoms with Crippen LogP contribution in [-0.4, -0.2) is 187 Å². The minimum absolute atomic E-state index is 0.109. The number of dihydropyridines is 5. The average molecular weight is 1990 g/mol. The number of hydrogen-bond donors (Lipinski definition) is 6. The standard InChI is InChI=1S/C26H29N3O6.C20H25ClN2O5.C19H21N3O5.C18H19Cl2NO4.C17H18N2O6/c1-17-22(25(30)34-4)24(20-11-8-12-21(15-20)29(32)33)23(18(2)27-17)26(31)35-14-13-28(3)16-19-9-6-5-7-10-19;1-4-28-20(25)18-15(11-27-10-9-22)23-12(2)16(19(24)26-3)17(18)13-7-5-6-8-14(13)21;1-9(2)26-19(24)15-11(4)20-10(3)14(18(23)25-5)16(15)12-7-6-8-13-17(12)22-27-21-13;1-5-25-18(23)14-10(3)21-9(2)13(17(22)24-4)15(14)11-7-6-8-12(19)16(11)20;1-9-13(16(20)24-3)15(14(10(2)18-9)17(21)25-4)11-7-5-6-8-12(11)19(22)23/h5-12,15,24,27H,13-14,16H2,1-4H3;5-8,17,23H,4,9-11,22H2,1-3H3;6-9,16,20H,1-5H3;6-8,15,21H,5H2,1-4H3;5-8,15,18H,1-4H3. The number of nitro benzene ring substituents is 2. The molecule has 0 radical (unpaired) electrons. The summed E-state index contributed by atoms with van der Waals surface area (Å²) in [6.45, 7) is 24.9. The second-order valence-corrected chi connectivity index (χ2v) is 33.1. The first kappa shape index (κ1) is 111. The van der Waals surface area contributed by atoms with Crippen LogP contribution >= 0.6 is 34.8 Å². The van der Waals surface area contributed by atoms with E-state index in [1.807, 2.05) is 42.3 Å². The molecule has 1 aromatic heterocycles. The normalized spacial score (nSPS) is 16.3. The summed E-state index contributed by atoms with van der Waals surface area (Å²) in [4.78, 5) is 150. The van der Waals surface area contributed by atoms with Crippen molar-refractivity contribution in [3.05, 3.63) is 321 Å². The van der Waals surface area contributed by atoms with Crippen LogP contribution in [0.15, 0.2) is 257 Å². The number of fused-ring (bicyclic) bond motifs is 1. The van der Waals surface area contributed by atoms with Crippen LogP contribution < -0.4 is 32.3 Å². The fraction of sp³-hybridized carbons (Fsp3) is 0.340. The van der Waals surface area contributed by atoms with Crippen molar-refractivity contribution in [2.24, 2.45) is 5.73 Å². The van der Waals surface area contributed by atoms with E-state index >= 15 is 0 Å². The third-order valence-corrected chi connectivity index (χ3v) is 23.6. The summed E-state index contributed by atoms with van der Waals surface area (Å²) >= 11 is 18.9. The van der Waals surface area contributed by atoms with E-state index in [0.29, 0.717) is 154 Å². The van der Waals surface area contributed by atoms with Crippen LogP contribution in [0, 0.1) is 20.2 Å². The number of rotatable bonds is 29. The first-order chi connectivity index (χ1) is 66.7. The monoisotopic (exact) mass is 1990 g/mol. The highest BCUT2D eigenvalue weighted by atomic mass is 35.5. The molecular weight excluding hydrogens is 1880 g/mol. The largest absolute Gasteiger partial charge is 0.466 e. The number of aromatic nitrogens is 2. The maximum atomic E-state index is 13.3. The molecule has 40 heteroatoms. The Balaban J connectivity index is 0.000000216. The fourth-order valence-corrected chi connectivity index (χ4v) is 17.1. The second-order valence-electron chi connectivity index (χ2n) is 31.9. The number of carbonyl (C=O) groups excluding carboxylic acids is 10. The molecule has 4 atom stereocenters. The van der Waals surface area contributed by atoms with Crippen LogP contribution in [0.1, 0.15) is 153 Å². The summed E-state index contributed by atoms with van der Waals surface area (Å²) < 4.78 is 61.4. The first-order valence-electron chi connectivity index (χ1n) is 43.7. The van der Waals surface area contributed by atoms with E-state index in [2.05, 4.69) is 36.9 Å². The van der Waals surface area contributed by atoms with E-state index < -0.39 is 99.1 Å². The molecule has 0 aliphatic carbocycles. The van der Waals surface area contributed by atoms with Crippen LogP contribution in [0.3, 0.4) is 0 Å². The van der Waals surface area contributed by atoms with Gasteiger partial charge >= 0.3 is 59.7 Å². The highest BCUT2D eigenvalue weighted by molar-refractivity contribution is 6.42. The SMILES string of the molecule is CCOC(=O)C1=C(C)NC(C)=C(C(=O)OC)C1c1cccc(Cl)c1Cl.CCOC(=O)C1=C(COCCN)NC(C)=C(C(=O)OC)C1c1ccccc1Cl.COC(=O)C1=C(C)NC(C)=C(C(=O)OC(C)C)C1c1cccc2nonc12.COC(=O)C1=C(C)NC(C)=C(C(=O)OC)C1c1ccccc1[N+](=O)[O-].COC(=O)C1=C(C)NC(C)=C(C(=O)OCCN(C)Cc2ccccc2)C1c1cccc([N+](=O)[O-])c1. The van der Waals surface area contributed by atoms with Crippen LogP contribution in [0.4, 0.5) is 11.4 Å². The number of likely N-dealkylation sites (N-methyl/N-ethyl adjacent to an activating group) is 1. The zero-order chi connectivity index (χ0) is 103. The number of nitro groups is 2. The number of allylic oxidation sites excluding steroid dienone is 9. The number of non-ortho nitro benzene ring substituents is 1. The van der Waals surface area contributed by atoms with Crippen molar-refractivity contribution in [1.82, 2.24) is 41.8 Å². The Morgan fingerprint density at radius 3 is 1.29 bits per heavy atom. The molecule has 37 nitrogen and oxygen atoms in total. The molecule has 5 aliphatic rings. The van der Waals surface area contributed by atoms with Gasteiger partial charge in [-0.2, -0.15) is 0 Å². The van der Waals surface area contributed by atoms with Gasteiger partial charge in [-0.3, -0.25) is 25.1 Å². The molecule has 6 heterocycles. The molecule has 7 N–H and O–H groups in total. The van der Waals surface area contributed by atoms with Crippen molar-refractivity contribution in [1.29, 1.82) is 0 Å². The van der Waals surface area contributed by atoms with Crippen molar-refractivity contribution >= 4 is 117 Å². The second kappa shape index (κ2) is 51.7. The molecule has 5 aliphatic heterocycles. The third kappa shape index (κ3) is 26.4. The number of nitrogens with zero attached hydrogens (tertiary/aromatic N) is 5. The van der Waals surface area contributed by atoms with E-state index in [9.17, 15) is 68.2 Å². The van der Waals surface area contributed by atoms with Gasteiger partial charge in [-0.25, -0.2) is 52.6 Å². The van der Waals surface area contributed by atoms with Gasteiger partial charge < -0.3 is 84.4 Å². The van der Waals surface area contributed by atoms with E-state index in [4.69, 9.17) is 97.3 Å². The summed E-state index contributed by atoms with van der Waals surface area (Å²) in [5, 5.41) is 46.9. The molecule has 0 fully saturated rings. The molecule has 0 bridgehead atoms. The molecule has 4 unspecified atom stereocenters. The average Bonchev–Trinajstić information content (AvgIpc) is 1.34. The minimum Gasteiger partial charge on any atom is -0.466 e. The summed E-state index contributed by atoms with van der Waals surface area (Å²) in [7, 11) is 9.48. The number of nitrogens with two attached hydrogens (primary N) is 1. The van der Waals surface area contributed by atoms with Crippen LogP contribution in [0.5, 0.6) is 0 Å². The van der Waals surface area contributed by atoms with Crippen molar-refractivity contribution in [3.63, 3.8) is 0 Å². The van der Waals surface area contributed by atoms with E-state index in [0.717, 1.165) is 5.56 Å². The van der Waals surface area contributed by atoms with Crippen LogP contribution in [0.25, 0.3) is 11.0 Å². The molecular formula is C100H112Cl3N11O26. The number of ether oxygens (including phenoxy) is 11. The highest BCUT2D eigenvalue weighted by Gasteiger charge is 2.46. The number of hydrogen-bond acceptors (Lipinski definition) is 35. The van der Waals surface area contributed by atoms with Gasteiger partial charge in [-0.15, -0.1) is 0 Å². The van der Waals surface area contributed by atoms with Gasteiger partial charge in [-0.05, 0) is 153 Å². The Morgan fingerprint density at radius 2 is 0.814 bits per heavy atom. The minimum atomic E-state index is -0.970. The predicted molar refractivity (Wildman–Crippen MR) is 517 cm³/mol. The first-order valence-corrected chi connectivity index (χ1v) is 44.9. The Morgan fingerprint density at radius 1 is 0.429 bits per heavy atom. The molecule has 6 aromatic carbocycles. The maximum absolute atomic E-state index is 13.3. The lowest BCUT2D eigenvalue weighted by molar-refractivity contribution is -0.385. The Hall–Kier alpha value is -14.6. The molecule has 140 heavy (non-hydrogen) atoms. The molecule has 0 spiro atoms. The lowest BCUT2D eigenvalue weighted by Crippen LogP contribution is -2.35. The predicted octanol–water partition coefficient (Wildman–Crippen LogP) is 14.7. The summed E-state index contributed by atoms with van der Waals surface area (Å²) in [5.41, 5.74) is 17.5. The smallest absolute Gasteiger partial charge is 0.337 e. The van der Waals surface area contributed by atoms with Gasteiger partial charge in [-0.1, -0.05) is 138 Å². The van der Waals surface area contributed by atoms with Crippen LogP contribution in [0.2, 0.25) is 15.1 Å². The van der Waals surface area contributed by atoms with Gasteiger partial charge in [0.1, 0.15) is 17.6 Å². The van der Waals surface area contributed by atoms with Gasteiger partial charge in [0.15, 0.2) is 0 Å². The molecule has 744 valence electrons. The topological polar surface area (TPSA) is 487 Å². The molecule has 0 saturated carbocycles. The number of benzene rings is 6. The van der Waals surface area contributed by atoms with Gasteiger partial charge in [0.05, 0.1) is 186 Å². The molecule has 0 amide bonds. The molecule has 12 rings (SSSR count). The van der Waals surface area contributed by atoms with Gasteiger partial charge in [0.25, 0.3) is 11.4 Å². The summed E-state index contributed by atoms with van der Waals surface area (Å²) in [6.07, 6.45) is -0.309. The van der Waals surface area contributed by atoms with Crippen molar-refractivity contribution in [2.45, 2.75) is 132 Å². The van der Waals surface area contributed by atoms with Gasteiger partial charge in [0.2, 0.25) is 0 Å². The maximum Gasteiger partial charge on any atom is 0.337 e. The van der Waals surface area contributed by atoms with Crippen LogP contribution in [-0.2, 0) is 107 Å². The summed E-state index contributed by atoms with van der Waals surface area (Å²) in [5.74, 6) is -9.90. The number of methoxy groups -OCH3 is 6. The Labute approximate surface area is 823 Å². The third-order valence-electron chi connectivity index (χ3n) is 22.4. The zero-order valence-electron chi connectivity index (χ0n) is 81.0. The quantitative estimate of drug-likeness (QED) is 0.00833. The number of esters is 10. The van der Waals surface area contributed by atoms with E-state index in [1.165, 1.54) is 79.1 Å². The van der Waals surface area contributed by atoms with Gasteiger partial charge in [0, 0.05) is 99.7 Å². The number of halogens is 3. The molecule has 7 aromatic rings. The lowest BCUT2D eigenvalue weighted by Gasteiger charge is -2.31. The van der Waals surface area contributed by atoms with Crippen molar-refractivity contribution in [2.75, 3.05) is 95.8 Å². The number of para-hydroxylation sites is 1. The summed E-state index contributed by atoms with van der Waals surface area (Å²) in [6, 6.07) is 39.2. The number of nitrogens with one attached hydrogen (secondary N) is 5. The Bertz CT molecular complexity index is 6220. The van der Waals surface area contributed by atoms with E-state index in [1.54, 1.807) is 163 Å². The van der Waals surface area contributed by atoms with Crippen molar-refractivity contribution in [3.8, 4) is 0 Å².